The average Bonchev–Trinajstić information content (AvgIpc) is 3.37. The van der Waals surface area contributed by atoms with Crippen molar-refractivity contribution in [1.82, 2.24) is 9.88 Å². The Balaban J connectivity index is 1.79. The van der Waals surface area contributed by atoms with Gasteiger partial charge in [0.25, 0.3) is 0 Å². The van der Waals surface area contributed by atoms with E-state index in [1.165, 1.54) is 0 Å². The maximum absolute atomic E-state index is 12.7. The van der Waals surface area contributed by atoms with Gasteiger partial charge in [-0.05, 0) is 24.5 Å². The molecule has 0 saturated heterocycles. The Labute approximate surface area is 134 Å². The summed E-state index contributed by atoms with van der Waals surface area (Å²) in [6, 6.07) is 9.86. The lowest BCUT2D eigenvalue weighted by molar-refractivity contribution is -0.143. The number of hydrogen-bond donors (Lipinski definition) is 1. The third-order valence-corrected chi connectivity index (χ3v) is 4.26. The van der Waals surface area contributed by atoms with E-state index in [9.17, 15) is 9.59 Å². The van der Waals surface area contributed by atoms with E-state index in [-0.39, 0.29) is 24.9 Å². The van der Waals surface area contributed by atoms with Crippen molar-refractivity contribution in [3.05, 3.63) is 42.1 Å². The number of carboxylic acids is 1. The largest absolute Gasteiger partial charge is 0.481 e. The van der Waals surface area contributed by atoms with E-state index in [2.05, 4.69) is 4.98 Å². The Morgan fingerprint density at radius 1 is 1.30 bits per heavy atom. The summed E-state index contributed by atoms with van der Waals surface area (Å²) in [7, 11) is 0. The van der Waals surface area contributed by atoms with E-state index in [0.29, 0.717) is 0 Å². The summed E-state index contributed by atoms with van der Waals surface area (Å²) in [4.78, 5) is 29.9. The first-order chi connectivity index (χ1) is 11.1. The molecule has 0 aliphatic heterocycles. The number of para-hydroxylation sites is 1. The predicted octanol–water partition coefficient (Wildman–Crippen LogP) is 2.49. The van der Waals surface area contributed by atoms with Gasteiger partial charge in [-0.2, -0.15) is 0 Å². The summed E-state index contributed by atoms with van der Waals surface area (Å²) in [5.74, 6) is -1.43. The van der Waals surface area contributed by atoms with Gasteiger partial charge < -0.3 is 10.0 Å². The molecule has 1 aliphatic carbocycles. The Morgan fingerprint density at radius 2 is 2.04 bits per heavy atom. The molecule has 1 unspecified atom stereocenters. The predicted molar refractivity (Wildman–Crippen MR) is 87.0 cm³/mol. The molecule has 5 nitrogen and oxygen atoms in total. The molecule has 23 heavy (non-hydrogen) atoms. The molecule has 1 fully saturated rings. The number of rotatable bonds is 6. The molecule has 5 heteroatoms. The van der Waals surface area contributed by atoms with Crippen LogP contribution in [0.15, 0.2) is 36.5 Å². The lowest BCUT2D eigenvalue weighted by Crippen LogP contribution is -2.39. The highest BCUT2D eigenvalue weighted by atomic mass is 16.4. The number of carboxylic acid groups (broad SMARTS) is 1. The van der Waals surface area contributed by atoms with E-state index in [1.807, 2.05) is 30.3 Å². The Bertz CT molecular complexity index is 735. The van der Waals surface area contributed by atoms with Crippen LogP contribution in [0.3, 0.4) is 0 Å². The van der Waals surface area contributed by atoms with Crippen LogP contribution in [-0.2, 0) is 16.0 Å². The molecule has 1 N–H and O–H groups in total. The quantitative estimate of drug-likeness (QED) is 0.889. The Hall–Kier alpha value is -2.43. The van der Waals surface area contributed by atoms with Crippen LogP contribution in [0.25, 0.3) is 10.9 Å². The molecule has 1 aliphatic rings. The van der Waals surface area contributed by atoms with E-state index in [0.717, 1.165) is 29.3 Å². The smallest absolute Gasteiger partial charge is 0.308 e. The number of pyridine rings is 1. The molecule has 1 saturated carbocycles. The van der Waals surface area contributed by atoms with Gasteiger partial charge in [0.1, 0.15) is 0 Å². The van der Waals surface area contributed by atoms with E-state index in [4.69, 9.17) is 5.11 Å². The fourth-order valence-electron chi connectivity index (χ4n) is 2.79. The van der Waals surface area contributed by atoms with E-state index < -0.39 is 11.9 Å². The zero-order valence-corrected chi connectivity index (χ0v) is 13.1. The fourth-order valence-corrected chi connectivity index (χ4v) is 2.79. The first-order valence-corrected chi connectivity index (χ1v) is 7.91. The van der Waals surface area contributed by atoms with Crippen LogP contribution < -0.4 is 0 Å². The van der Waals surface area contributed by atoms with Crippen molar-refractivity contribution in [2.24, 2.45) is 5.92 Å². The topological polar surface area (TPSA) is 70.5 Å². The second-order valence-corrected chi connectivity index (χ2v) is 6.19. The summed E-state index contributed by atoms with van der Waals surface area (Å²) < 4.78 is 0. The monoisotopic (exact) mass is 312 g/mol. The van der Waals surface area contributed by atoms with Gasteiger partial charge >= 0.3 is 5.97 Å². The minimum atomic E-state index is -0.865. The molecule has 1 heterocycles. The first-order valence-electron chi connectivity index (χ1n) is 7.91. The van der Waals surface area contributed by atoms with Crippen LogP contribution in [-0.4, -0.2) is 39.5 Å². The second kappa shape index (κ2) is 6.36. The average molecular weight is 312 g/mol. The summed E-state index contributed by atoms with van der Waals surface area (Å²) in [6.07, 6.45) is 3.91. The summed E-state index contributed by atoms with van der Waals surface area (Å²) in [5, 5.41) is 10.1. The zero-order chi connectivity index (χ0) is 16.4. The lowest BCUT2D eigenvalue weighted by atomic mass is 10.1. The number of carbonyl (C=O) groups excluding carboxylic acids is 1. The molecule has 1 atom stereocenters. The minimum Gasteiger partial charge on any atom is -0.481 e. The highest BCUT2D eigenvalue weighted by molar-refractivity contribution is 5.88. The van der Waals surface area contributed by atoms with Gasteiger partial charge in [0.15, 0.2) is 0 Å². The van der Waals surface area contributed by atoms with Crippen molar-refractivity contribution in [1.29, 1.82) is 0 Å². The maximum atomic E-state index is 12.7. The highest BCUT2D eigenvalue weighted by Gasteiger charge is 2.34. The van der Waals surface area contributed by atoms with Crippen molar-refractivity contribution < 1.29 is 14.7 Å². The summed E-state index contributed by atoms with van der Waals surface area (Å²) in [6.45, 7) is 1.92. The van der Waals surface area contributed by atoms with Gasteiger partial charge in [0, 0.05) is 24.2 Å². The Morgan fingerprint density at radius 3 is 2.74 bits per heavy atom. The zero-order valence-electron chi connectivity index (χ0n) is 13.1. The van der Waals surface area contributed by atoms with Crippen LogP contribution in [0.2, 0.25) is 0 Å². The maximum Gasteiger partial charge on any atom is 0.308 e. The molecule has 1 aromatic carbocycles. The number of fused-ring (bicyclic) bond motifs is 1. The molecule has 1 aromatic heterocycles. The normalized spacial score (nSPS) is 15.3. The lowest BCUT2D eigenvalue weighted by Gasteiger charge is -2.24. The van der Waals surface area contributed by atoms with E-state index in [1.54, 1.807) is 18.0 Å². The van der Waals surface area contributed by atoms with Gasteiger partial charge in [-0.1, -0.05) is 31.2 Å². The molecular weight excluding hydrogens is 292 g/mol. The SMILES string of the molecule is CC(CN(C(=O)Cc1cccc2cccnc12)C1CC1)C(=O)O. The molecule has 1 amide bonds. The first kappa shape index (κ1) is 15.5. The van der Waals surface area contributed by atoms with Gasteiger partial charge in [0.05, 0.1) is 17.9 Å². The second-order valence-electron chi connectivity index (χ2n) is 6.19. The number of aliphatic carboxylic acids is 1. The number of aromatic nitrogens is 1. The van der Waals surface area contributed by atoms with Crippen molar-refractivity contribution in [3.8, 4) is 0 Å². The summed E-state index contributed by atoms with van der Waals surface area (Å²) in [5.41, 5.74) is 1.73. The van der Waals surface area contributed by atoms with Crippen LogP contribution in [0.1, 0.15) is 25.3 Å². The molecule has 120 valence electrons. The highest BCUT2D eigenvalue weighted by Crippen LogP contribution is 2.29. The third-order valence-electron chi connectivity index (χ3n) is 4.26. The molecule has 0 radical (unpaired) electrons. The van der Waals surface area contributed by atoms with Crippen LogP contribution in [0, 0.1) is 5.92 Å². The van der Waals surface area contributed by atoms with Crippen LogP contribution in [0.4, 0.5) is 0 Å². The summed E-state index contributed by atoms with van der Waals surface area (Å²) >= 11 is 0. The van der Waals surface area contributed by atoms with Crippen molar-refractivity contribution in [2.45, 2.75) is 32.2 Å². The number of hydrogen-bond acceptors (Lipinski definition) is 3. The van der Waals surface area contributed by atoms with Crippen LogP contribution >= 0.6 is 0 Å². The Kier molecular flexibility index (Phi) is 4.28. The molecule has 3 rings (SSSR count). The molecule has 2 aromatic rings. The molecule has 0 bridgehead atoms. The third kappa shape index (κ3) is 3.50. The van der Waals surface area contributed by atoms with Gasteiger partial charge in [-0.15, -0.1) is 0 Å². The molecular formula is C18H20N2O3. The van der Waals surface area contributed by atoms with Crippen molar-refractivity contribution >= 4 is 22.8 Å². The number of carbonyl (C=O) groups is 2. The van der Waals surface area contributed by atoms with Crippen molar-refractivity contribution in [3.63, 3.8) is 0 Å². The van der Waals surface area contributed by atoms with Gasteiger partial charge in [-0.3, -0.25) is 14.6 Å². The molecule has 0 spiro atoms. The van der Waals surface area contributed by atoms with Crippen LogP contribution in [0.5, 0.6) is 0 Å². The number of amides is 1. The van der Waals surface area contributed by atoms with Gasteiger partial charge in [-0.25, -0.2) is 0 Å². The van der Waals surface area contributed by atoms with Gasteiger partial charge in [0.2, 0.25) is 5.91 Å². The van der Waals surface area contributed by atoms with Crippen molar-refractivity contribution in [2.75, 3.05) is 6.54 Å². The fraction of sp³-hybridized carbons (Fsp3) is 0.389. The minimum absolute atomic E-state index is 0.0150. The number of benzene rings is 1. The number of nitrogens with zero attached hydrogens (tertiary/aromatic N) is 2. The van der Waals surface area contributed by atoms with E-state index >= 15 is 0 Å². The standard InChI is InChI=1S/C18H20N2O3/c1-12(18(22)23)11-20(15-7-8-15)16(21)10-14-5-2-4-13-6-3-9-19-17(13)14/h2-6,9,12,15H,7-8,10-11H2,1H3,(H,22,23).